The van der Waals surface area contributed by atoms with Crippen LogP contribution in [0.25, 0.3) is 11.3 Å². The van der Waals surface area contributed by atoms with Crippen LogP contribution < -0.4 is 0 Å². The van der Waals surface area contributed by atoms with Crippen molar-refractivity contribution in [3.8, 4) is 11.3 Å². The first-order valence-corrected chi connectivity index (χ1v) is 9.95. The number of hydrogen-bond donors (Lipinski definition) is 0. The first-order valence-electron chi connectivity index (χ1n) is 9.95. The monoisotopic (exact) mass is 404 g/mol. The molecular weight excluding hydrogens is 384 g/mol. The van der Waals surface area contributed by atoms with Gasteiger partial charge >= 0.3 is 5.97 Å². The third-order valence-corrected chi connectivity index (χ3v) is 6.25. The molecule has 4 atom stereocenters. The maximum Gasteiger partial charge on any atom is 0.337 e. The molecule has 1 saturated carbocycles. The molecule has 152 valence electrons. The lowest BCUT2D eigenvalue weighted by atomic mass is 9.63. The van der Waals surface area contributed by atoms with Crippen molar-refractivity contribution in [2.45, 2.75) is 12.8 Å². The second-order valence-electron chi connectivity index (χ2n) is 7.85. The molecule has 1 aliphatic heterocycles. The molecule has 2 heterocycles. The van der Waals surface area contributed by atoms with Crippen LogP contribution >= 0.6 is 0 Å². The number of hydrazone groups is 1. The number of carbonyl (C=O) groups excluding carboxylic acids is 3. The zero-order chi connectivity index (χ0) is 20.8. The summed E-state index contributed by atoms with van der Waals surface area (Å²) in [7, 11) is 1.33. The Kier molecular flexibility index (Phi) is 4.38. The minimum Gasteiger partial charge on any atom is -0.465 e. The van der Waals surface area contributed by atoms with Crippen LogP contribution in [-0.4, -0.2) is 36.1 Å². The van der Waals surface area contributed by atoms with E-state index >= 15 is 0 Å². The van der Waals surface area contributed by atoms with Gasteiger partial charge in [-0.1, -0.05) is 24.3 Å². The van der Waals surface area contributed by atoms with Crippen LogP contribution in [0, 0.1) is 23.7 Å². The summed E-state index contributed by atoms with van der Waals surface area (Å²) in [5.41, 5.74) is 1.23. The number of rotatable bonds is 4. The average molecular weight is 404 g/mol. The normalized spacial score (nSPS) is 27.2. The summed E-state index contributed by atoms with van der Waals surface area (Å²) in [6.45, 7) is 0. The van der Waals surface area contributed by atoms with Gasteiger partial charge in [0.2, 0.25) is 0 Å². The Morgan fingerprint density at radius 3 is 2.23 bits per heavy atom. The Labute approximate surface area is 173 Å². The number of hydrogen-bond acceptors (Lipinski definition) is 6. The number of fused-ring (bicyclic) bond motifs is 1. The van der Waals surface area contributed by atoms with Crippen LogP contribution in [-0.2, 0) is 14.3 Å². The van der Waals surface area contributed by atoms with Gasteiger partial charge in [0.05, 0.1) is 30.7 Å². The number of allylic oxidation sites excluding steroid dienone is 2. The highest BCUT2D eigenvalue weighted by Crippen LogP contribution is 2.49. The number of carbonyl (C=O) groups is 3. The molecule has 7 nitrogen and oxygen atoms in total. The zero-order valence-corrected chi connectivity index (χ0v) is 16.4. The van der Waals surface area contributed by atoms with Gasteiger partial charge in [-0.15, -0.1) is 0 Å². The Hall–Kier alpha value is -3.48. The molecule has 6 rings (SSSR count). The molecule has 2 aromatic rings. The molecule has 1 aromatic heterocycles. The first kappa shape index (κ1) is 18.5. The van der Waals surface area contributed by atoms with E-state index in [2.05, 4.69) is 17.3 Å². The van der Waals surface area contributed by atoms with E-state index in [0.717, 1.165) is 23.4 Å². The number of esters is 1. The quantitative estimate of drug-likeness (QED) is 0.338. The van der Waals surface area contributed by atoms with E-state index in [0.29, 0.717) is 17.1 Å². The Morgan fingerprint density at radius 1 is 1.03 bits per heavy atom. The molecule has 2 amide bonds. The molecule has 0 N–H and O–H groups in total. The standard InChI is InChI=1S/C23H20N2O5/c1-29-23(28)16-8-2-13(3-9-16)18-11-10-17(30-18)12-24-25-21(26)19-14-4-5-15(7-6-14)20(19)22(25)27/h2-5,8-12,14-15,19-20H,6-7H2,1H3/b24-12-/t14-,15-,19-,20-/m0/s1. The van der Waals surface area contributed by atoms with Gasteiger partial charge in [0.1, 0.15) is 11.5 Å². The van der Waals surface area contributed by atoms with Gasteiger partial charge in [-0.05, 0) is 48.9 Å². The predicted octanol–water partition coefficient (Wildman–Crippen LogP) is 3.26. The van der Waals surface area contributed by atoms with Gasteiger partial charge in [-0.2, -0.15) is 10.1 Å². The average Bonchev–Trinajstić information content (AvgIpc) is 3.37. The highest BCUT2D eigenvalue weighted by molar-refractivity contribution is 6.06. The molecule has 4 aliphatic rings. The number of benzene rings is 1. The van der Waals surface area contributed by atoms with E-state index in [1.54, 1.807) is 36.4 Å². The topological polar surface area (TPSA) is 89.2 Å². The fraction of sp³-hybridized carbons (Fsp3) is 0.304. The Morgan fingerprint density at radius 2 is 1.67 bits per heavy atom. The maximum absolute atomic E-state index is 12.8. The minimum absolute atomic E-state index is 0.139. The van der Waals surface area contributed by atoms with Crippen LogP contribution in [0.4, 0.5) is 0 Å². The van der Waals surface area contributed by atoms with Crippen LogP contribution in [0.2, 0.25) is 0 Å². The minimum atomic E-state index is -0.405. The summed E-state index contributed by atoms with van der Waals surface area (Å²) in [5, 5.41) is 5.17. The number of ether oxygens (including phenoxy) is 1. The molecule has 3 aliphatic carbocycles. The number of amides is 2. The van der Waals surface area contributed by atoms with Gasteiger partial charge in [0, 0.05) is 5.56 Å². The number of methoxy groups -OCH3 is 1. The van der Waals surface area contributed by atoms with Crippen molar-refractivity contribution >= 4 is 24.0 Å². The molecule has 0 spiro atoms. The number of imide groups is 1. The Balaban J connectivity index is 1.33. The van der Waals surface area contributed by atoms with Gasteiger partial charge in [0.25, 0.3) is 11.8 Å². The van der Waals surface area contributed by atoms with Crippen LogP contribution in [0.5, 0.6) is 0 Å². The van der Waals surface area contributed by atoms with Crippen molar-refractivity contribution in [3.05, 3.63) is 59.9 Å². The predicted molar refractivity (Wildman–Crippen MR) is 107 cm³/mol. The molecule has 0 unspecified atom stereocenters. The highest BCUT2D eigenvalue weighted by atomic mass is 16.5. The fourth-order valence-electron chi connectivity index (χ4n) is 4.75. The van der Waals surface area contributed by atoms with Crippen LogP contribution in [0.15, 0.2) is 58.1 Å². The number of furan rings is 1. The molecular formula is C23H20N2O5. The lowest BCUT2D eigenvalue weighted by molar-refractivity contribution is -0.140. The maximum atomic E-state index is 12.8. The van der Waals surface area contributed by atoms with Crippen molar-refractivity contribution in [2.75, 3.05) is 7.11 Å². The van der Waals surface area contributed by atoms with Crippen LogP contribution in [0.3, 0.4) is 0 Å². The second-order valence-corrected chi connectivity index (χ2v) is 7.85. The third kappa shape index (κ3) is 2.89. The van der Waals surface area contributed by atoms with Gasteiger partial charge in [-0.25, -0.2) is 4.79 Å². The summed E-state index contributed by atoms with van der Waals surface area (Å²) in [5.74, 6) is -0.104. The molecule has 1 saturated heterocycles. The first-order chi connectivity index (χ1) is 14.6. The van der Waals surface area contributed by atoms with Crippen molar-refractivity contribution in [1.82, 2.24) is 5.01 Å². The van der Waals surface area contributed by atoms with Crippen molar-refractivity contribution < 1.29 is 23.5 Å². The molecule has 30 heavy (non-hydrogen) atoms. The van der Waals surface area contributed by atoms with E-state index in [-0.39, 0.29) is 35.5 Å². The van der Waals surface area contributed by atoms with Crippen LogP contribution in [0.1, 0.15) is 29.0 Å². The molecule has 7 heteroatoms. The molecule has 0 radical (unpaired) electrons. The second kappa shape index (κ2) is 7.09. The molecule has 2 fully saturated rings. The van der Waals surface area contributed by atoms with Gasteiger partial charge in [-0.3, -0.25) is 9.59 Å². The summed E-state index contributed by atoms with van der Waals surface area (Å²) in [6.07, 6.45) is 7.47. The van der Waals surface area contributed by atoms with Crippen molar-refractivity contribution in [2.24, 2.45) is 28.8 Å². The third-order valence-electron chi connectivity index (χ3n) is 6.25. The van der Waals surface area contributed by atoms with E-state index < -0.39 is 5.97 Å². The fourth-order valence-corrected chi connectivity index (χ4v) is 4.75. The summed E-state index contributed by atoms with van der Waals surface area (Å²) in [6, 6.07) is 10.3. The van der Waals surface area contributed by atoms with Crippen molar-refractivity contribution in [1.29, 1.82) is 0 Å². The lowest BCUT2D eigenvalue weighted by Crippen LogP contribution is -2.38. The van der Waals surface area contributed by atoms with E-state index in [9.17, 15) is 14.4 Å². The molecule has 2 bridgehead atoms. The van der Waals surface area contributed by atoms with E-state index in [4.69, 9.17) is 9.15 Å². The molecule has 1 aromatic carbocycles. The van der Waals surface area contributed by atoms with Crippen molar-refractivity contribution in [3.63, 3.8) is 0 Å². The Bertz CT molecular complexity index is 1050. The SMILES string of the molecule is COC(=O)c1ccc(-c2ccc(/C=N\N3C(=O)[C@@H]4[C@@H](C3=O)[C@H]3C=C[C@H]4CC3)o2)cc1. The summed E-state index contributed by atoms with van der Waals surface area (Å²) in [4.78, 5) is 37.1. The van der Waals surface area contributed by atoms with Gasteiger partial charge < -0.3 is 9.15 Å². The number of nitrogens with zero attached hydrogens (tertiary/aromatic N) is 2. The lowest BCUT2D eigenvalue weighted by Gasteiger charge is -2.37. The van der Waals surface area contributed by atoms with E-state index in [1.165, 1.54) is 13.3 Å². The highest BCUT2D eigenvalue weighted by Gasteiger charge is 2.56. The van der Waals surface area contributed by atoms with Gasteiger partial charge in [0.15, 0.2) is 0 Å². The zero-order valence-electron chi connectivity index (χ0n) is 16.4. The summed E-state index contributed by atoms with van der Waals surface area (Å²) >= 11 is 0. The summed E-state index contributed by atoms with van der Waals surface area (Å²) < 4.78 is 10.5. The van der Waals surface area contributed by atoms with E-state index in [1.807, 2.05) is 0 Å². The largest absolute Gasteiger partial charge is 0.465 e. The smallest absolute Gasteiger partial charge is 0.337 e.